The summed E-state index contributed by atoms with van der Waals surface area (Å²) in [5, 5.41) is 2.95. The molecule has 0 saturated heterocycles. The lowest BCUT2D eigenvalue weighted by atomic mass is 10.3. The van der Waals surface area contributed by atoms with Crippen molar-refractivity contribution >= 4 is 11.9 Å². The van der Waals surface area contributed by atoms with Crippen LogP contribution in [0.25, 0.3) is 0 Å². The SMILES string of the molecule is CC[C@H](C)Nc1nc(N)[nH]c(=O)n1. The molecule has 1 aromatic rings. The monoisotopic (exact) mass is 183 g/mol. The largest absolute Gasteiger partial charge is 0.369 e. The van der Waals surface area contributed by atoms with Crippen LogP contribution in [0.2, 0.25) is 0 Å². The number of aromatic amines is 1. The Morgan fingerprint density at radius 2 is 2.31 bits per heavy atom. The number of aromatic nitrogens is 3. The quantitative estimate of drug-likeness (QED) is 0.610. The maximum absolute atomic E-state index is 10.9. The van der Waals surface area contributed by atoms with E-state index in [0.717, 1.165) is 6.42 Å². The second kappa shape index (κ2) is 3.88. The molecule has 1 heterocycles. The highest BCUT2D eigenvalue weighted by molar-refractivity contribution is 5.29. The van der Waals surface area contributed by atoms with Gasteiger partial charge in [-0.2, -0.15) is 9.97 Å². The zero-order valence-electron chi connectivity index (χ0n) is 7.66. The Morgan fingerprint density at radius 1 is 1.62 bits per heavy atom. The Kier molecular flexibility index (Phi) is 2.84. The van der Waals surface area contributed by atoms with Gasteiger partial charge in [0.15, 0.2) is 0 Å². The summed E-state index contributed by atoms with van der Waals surface area (Å²) in [5.74, 6) is 0.349. The summed E-state index contributed by atoms with van der Waals surface area (Å²) in [4.78, 5) is 20.5. The molecule has 0 unspecified atom stereocenters. The molecular weight excluding hydrogens is 170 g/mol. The molecule has 4 N–H and O–H groups in total. The molecule has 0 aliphatic heterocycles. The van der Waals surface area contributed by atoms with Crippen LogP contribution < -0.4 is 16.7 Å². The van der Waals surface area contributed by atoms with E-state index in [9.17, 15) is 4.79 Å². The van der Waals surface area contributed by atoms with Crippen molar-refractivity contribution in [3.8, 4) is 0 Å². The third-order valence-corrected chi connectivity index (χ3v) is 1.66. The summed E-state index contributed by atoms with van der Waals surface area (Å²) >= 11 is 0. The van der Waals surface area contributed by atoms with Crippen LogP contribution in [0.1, 0.15) is 20.3 Å². The molecule has 0 radical (unpaired) electrons. The van der Waals surface area contributed by atoms with Crippen LogP contribution in [0.3, 0.4) is 0 Å². The molecule has 0 aromatic carbocycles. The zero-order chi connectivity index (χ0) is 9.84. The first-order chi connectivity index (χ1) is 6.11. The van der Waals surface area contributed by atoms with Crippen molar-refractivity contribution in [2.45, 2.75) is 26.3 Å². The van der Waals surface area contributed by atoms with Gasteiger partial charge in [-0.3, -0.25) is 4.98 Å². The van der Waals surface area contributed by atoms with Gasteiger partial charge in [-0.15, -0.1) is 0 Å². The lowest BCUT2D eigenvalue weighted by Gasteiger charge is -2.09. The molecule has 0 aliphatic rings. The van der Waals surface area contributed by atoms with Crippen LogP contribution in [0.4, 0.5) is 11.9 Å². The van der Waals surface area contributed by atoms with Gasteiger partial charge in [-0.1, -0.05) is 6.92 Å². The molecule has 1 rings (SSSR count). The van der Waals surface area contributed by atoms with E-state index in [2.05, 4.69) is 20.3 Å². The molecule has 6 heteroatoms. The molecule has 0 amide bonds. The van der Waals surface area contributed by atoms with E-state index in [1.807, 2.05) is 13.8 Å². The fourth-order valence-electron chi connectivity index (χ4n) is 0.788. The van der Waals surface area contributed by atoms with E-state index >= 15 is 0 Å². The summed E-state index contributed by atoms with van der Waals surface area (Å²) in [7, 11) is 0. The predicted octanol–water partition coefficient (Wildman–Crippen LogP) is -0.0425. The summed E-state index contributed by atoms with van der Waals surface area (Å²) in [6.45, 7) is 3.99. The fraction of sp³-hybridized carbons (Fsp3) is 0.571. The molecule has 6 nitrogen and oxygen atoms in total. The zero-order valence-corrected chi connectivity index (χ0v) is 7.66. The highest BCUT2D eigenvalue weighted by Crippen LogP contribution is 2.00. The van der Waals surface area contributed by atoms with Gasteiger partial charge >= 0.3 is 5.69 Å². The van der Waals surface area contributed by atoms with Crippen LogP contribution in [0.15, 0.2) is 4.79 Å². The molecular formula is C7H13N5O. The van der Waals surface area contributed by atoms with Gasteiger partial charge in [-0.05, 0) is 13.3 Å². The van der Waals surface area contributed by atoms with E-state index in [0.29, 0.717) is 0 Å². The van der Waals surface area contributed by atoms with Gasteiger partial charge in [0.05, 0.1) is 0 Å². The lowest BCUT2D eigenvalue weighted by Crippen LogP contribution is -2.22. The summed E-state index contributed by atoms with van der Waals surface area (Å²) in [5.41, 5.74) is 4.84. The van der Waals surface area contributed by atoms with Crippen molar-refractivity contribution < 1.29 is 0 Å². The number of nitrogen functional groups attached to an aromatic ring is 1. The summed E-state index contributed by atoms with van der Waals surface area (Å²) < 4.78 is 0. The molecule has 0 saturated carbocycles. The molecule has 1 atom stereocenters. The van der Waals surface area contributed by atoms with E-state index < -0.39 is 5.69 Å². The summed E-state index contributed by atoms with van der Waals surface area (Å²) in [6.07, 6.45) is 0.927. The molecule has 0 aliphatic carbocycles. The van der Waals surface area contributed by atoms with Crippen molar-refractivity contribution in [3.05, 3.63) is 10.5 Å². The van der Waals surface area contributed by atoms with Crippen LogP contribution in [-0.4, -0.2) is 21.0 Å². The smallest absolute Gasteiger partial charge is 0.350 e. The number of hydrogen-bond acceptors (Lipinski definition) is 5. The number of hydrogen-bond donors (Lipinski definition) is 3. The molecule has 0 fully saturated rings. The van der Waals surface area contributed by atoms with Gasteiger partial charge < -0.3 is 11.1 Å². The van der Waals surface area contributed by atoms with E-state index in [-0.39, 0.29) is 17.9 Å². The lowest BCUT2D eigenvalue weighted by molar-refractivity contribution is 0.749. The number of nitrogens with zero attached hydrogens (tertiary/aromatic N) is 2. The van der Waals surface area contributed by atoms with Crippen molar-refractivity contribution in [1.82, 2.24) is 15.0 Å². The predicted molar refractivity (Wildman–Crippen MR) is 50.4 cm³/mol. The van der Waals surface area contributed by atoms with E-state index in [1.54, 1.807) is 0 Å². The highest BCUT2D eigenvalue weighted by Gasteiger charge is 2.02. The topological polar surface area (TPSA) is 96.7 Å². The summed E-state index contributed by atoms with van der Waals surface area (Å²) in [6, 6.07) is 0.223. The van der Waals surface area contributed by atoms with Crippen molar-refractivity contribution in [2.24, 2.45) is 0 Å². The standard InChI is InChI=1S/C7H13N5O/c1-3-4(2)9-6-10-5(8)11-7(13)12-6/h4H,3H2,1-2H3,(H4,8,9,10,11,12,13)/t4-/m0/s1. The average molecular weight is 183 g/mol. The van der Waals surface area contributed by atoms with Crippen LogP contribution >= 0.6 is 0 Å². The first-order valence-electron chi connectivity index (χ1n) is 4.12. The number of nitrogens with one attached hydrogen (secondary N) is 2. The molecule has 0 spiro atoms. The minimum absolute atomic E-state index is 0.0748. The van der Waals surface area contributed by atoms with Crippen molar-refractivity contribution in [2.75, 3.05) is 11.1 Å². The van der Waals surface area contributed by atoms with Crippen LogP contribution in [0.5, 0.6) is 0 Å². The fourth-order valence-corrected chi connectivity index (χ4v) is 0.788. The second-order valence-corrected chi connectivity index (χ2v) is 2.82. The Morgan fingerprint density at radius 3 is 2.85 bits per heavy atom. The number of H-pyrrole nitrogens is 1. The maximum Gasteiger partial charge on any atom is 0.350 e. The first kappa shape index (κ1) is 9.50. The minimum Gasteiger partial charge on any atom is -0.369 e. The van der Waals surface area contributed by atoms with E-state index in [4.69, 9.17) is 5.73 Å². The third kappa shape index (κ3) is 2.73. The molecule has 0 bridgehead atoms. The molecule has 13 heavy (non-hydrogen) atoms. The van der Waals surface area contributed by atoms with E-state index in [1.165, 1.54) is 0 Å². The third-order valence-electron chi connectivity index (χ3n) is 1.66. The van der Waals surface area contributed by atoms with Gasteiger partial charge in [0, 0.05) is 6.04 Å². The van der Waals surface area contributed by atoms with Gasteiger partial charge in [0.25, 0.3) is 0 Å². The number of nitrogens with two attached hydrogens (primary N) is 1. The average Bonchev–Trinajstić information content (AvgIpc) is 2.02. The highest BCUT2D eigenvalue weighted by atomic mass is 16.1. The second-order valence-electron chi connectivity index (χ2n) is 2.82. The van der Waals surface area contributed by atoms with Crippen molar-refractivity contribution in [3.63, 3.8) is 0 Å². The first-order valence-corrected chi connectivity index (χ1v) is 4.12. The van der Waals surface area contributed by atoms with Gasteiger partial charge in [0.2, 0.25) is 11.9 Å². The number of anilines is 2. The Bertz CT molecular complexity index is 334. The Balaban J connectivity index is 2.83. The van der Waals surface area contributed by atoms with Crippen LogP contribution in [0, 0.1) is 0 Å². The Labute approximate surface area is 75.6 Å². The van der Waals surface area contributed by atoms with Gasteiger partial charge in [0.1, 0.15) is 0 Å². The van der Waals surface area contributed by atoms with Crippen molar-refractivity contribution in [1.29, 1.82) is 0 Å². The molecule has 1 aromatic heterocycles. The minimum atomic E-state index is -0.488. The van der Waals surface area contributed by atoms with Crippen LogP contribution in [-0.2, 0) is 0 Å². The maximum atomic E-state index is 10.9. The van der Waals surface area contributed by atoms with Gasteiger partial charge in [-0.25, -0.2) is 4.79 Å². The number of rotatable bonds is 3. The Hall–Kier alpha value is -1.59. The normalized spacial score (nSPS) is 12.5. The molecule has 72 valence electrons.